The Morgan fingerprint density at radius 3 is 2.50 bits per heavy atom. The van der Waals surface area contributed by atoms with Crippen LogP contribution in [0.15, 0.2) is 28.1 Å². The van der Waals surface area contributed by atoms with Gasteiger partial charge in [-0.2, -0.15) is 11.8 Å². The Morgan fingerprint density at radius 1 is 1.32 bits per heavy atom. The van der Waals surface area contributed by atoms with Gasteiger partial charge >= 0.3 is 0 Å². The van der Waals surface area contributed by atoms with Crippen LogP contribution < -0.4 is 10.6 Å². The van der Waals surface area contributed by atoms with Gasteiger partial charge in [0, 0.05) is 32.1 Å². The van der Waals surface area contributed by atoms with Crippen molar-refractivity contribution in [1.82, 2.24) is 10.6 Å². The predicted octanol–water partition coefficient (Wildman–Crippen LogP) is 2.04. The minimum absolute atomic E-state index is 0. The van der Waals surface area contributed by atoms with Crippen molar-refractivity contribution < 1.29 is 8.42 Å². The summed E-state index contributed by atoms with van der Waals surface area (Å²) in [5.41, 5.74) is 1.79. The van der Waals surface area contributed by atoms with E-state index in [0.717, 1.165) is 29.4 Å². The molecule has 5 nitrogen and oxygen atoms in total. The number of aryl methyl sites for hydroxylation is 1. The van der Waals surface area contributed by atoms with E-state index in [2.05, 4.69) is 21.9 Å². The van der Waals surface area contributed by atoms with E-state index < -0.39 is 9.84 Å². The summed E-state index contributed by atoms with van der Waals surface area (Å²) in [6.45, 7) is 3.27. The predicted molar refractivity (Wildman–Crippen MR) is 106 cm³/mol. The first kappa shape index (κ1) is 21.5. The quantitative estimate of drug-likeness (QED) is 0.296. The first-order valence-electron chi connectivity index (χ1n) is 6.61. The third-order valence-electron chi connectivity index (χ3n) is 2.92. The van der Waals surface area contributed by atoms with Gasteiger partial charge in [0.15, 0.2) is 15.8 Å². The molecule has 0 atom stereocenters. The Labute approximate surface area is 154 Å². The molecule has 1 aromatic carbocycles. The van der Waals surface area contributed by atoms with E-state index in [1.54, 1.807) is 24.9 Å². The highest BCUT2D eigenvalue weighted by atomic mass is 127. The zero-order valence-corrected chi connectivity index (χ0v) is 17.3. The van der Waals surface area contributed by atoms with E-state index in [0.29, 0.717) is 11.4 Å². The highest BCUT2D eigenvalue weighted by molar-refractivity contribution is 14.0. The van der Waals surface area contributed by atoms with Gasteiger partial charge in [-0.25, -0.2) is 8.42 Å². The van der Waals surface area contributed by atoms with Crippen molar-refractivity contribution in [2.45, 2.75) is 18.4 Å². The molecule has 22 heavy (non-hydrogen) atoms. The molecule has 0 amide bonds. The Kier molecular flexibility index (Phi) is 10.1. The number of hydrogen-bond acceptors (Lipinski definition) is 4. The van der Waals surface area contributed by atoms with Gasteiger partial charge in [0.05, 0.1) is 4.90 Å². The second-order valence-corrected chi connectivity index (χ2v) is 7.69. The standard InChI is InChI=1S/C14H23N3O2S2.HI/c1-11-9-12(5-6-13(11)21(4,18)19)10-17-14(15-2)16-7-8-20-3;/h5-6,9H,7-8,10H2,1-4H3,(H2,15,16,17);1H. The SMILES string of the molecule is CN=C(NCCSC)NCc1ccc(S(C)(=O)=O)c(C)c1.I. The van der Waals surface area contributed by atoms with Gasteiger partial charge in [-0.1, -0.05) is 12.1 Å². The molecule has 1 aromatic rings. The number of sulfone groups is 1. The zero-order chi connectivity index (χ0) is 15.9. The summed E-state index contributed by atoms with van der Waals surface area (Å²) < 4.78 is 23.2. The van der Waals surface area contributed by atoms with Crippen molar-refractivity contribution in [1.29, 1.82) is 0 Å². The van der Waals surface area contributed by atoms with Crippen LogP contribution in [-0.4, -0.2) is 46.2 Å². The molecule has 8 heteroatoms. The molecule has 1 rings (SSSR count). The number of nitrogens with zero attached hydrogens (tertiary/aromatic N) is 1. The molecule has 0 radical (unpaired) electrons. The summed E-state index contributed by atoms with van der Waals surface area (Å²) in [6.07, 6.45) is 3.29. The van der Waals surface area contributed by atoms with E-state index in [-0.39, 0.29) is 24.0 Å². The molecule has 0 aliphatic heterocycles. The van der Waals surface area contributed by atoms with E-state index in [1.165, 1.54) is 6.26 Å². The number of guanidine groups is 1. The van der Waals surface area contributed by atoms with Crippen molar-refractivity contribution in [3.63, 3.8) is 0 Å². The fraction of sp³-hybridized carbons (Fsp3) is 0.500. The molecule has 0 saturated carbocycles. The van der Waals surface area contributed by atoms with Crippen LogP contribution in [0.3, 0.4) is 0 Å². The largest absolute Gasteiger partial charge is 0.356 e. The van der Waals surface area contributed by atoms with Crippen molar-refractivity contribution in [2.24, 2.45) is 4.99 Å². The maximum absolute atomic E-state index is 11.6. The summed E-state index contributed by atoms with van der Waals surface area (Å²) in [5, 5.41) is 6.42. The van der Waals surface area contributed by atoms with Gasteiger partial charge in [-0.15, -0.1) is 24.0 Å². The number of nitrogens with one attached hydrogen (secondary N) is 2. The lowest BCUT2D eigenvalue weighted by Crippen LogP contribution is -2.37. The molecular formula is C14H24IN3O2S2. The van der Waals surface area contributed by atoms with Crippen molar-refractivity contribution in [3.05, 3.63) is 29.3 Å². The average molecular weight is 457 g/mol. The fourth-order valence-electron chi connectivity index (χ4n) is 1.92. The Bertz CT molecular complexity index is 604. The average Bonchev–Trinajstić information content (AvgIpc) is 2.41. The first-order chi connectivity index (χ1) is 9.88. The van der Waals surface area contributed by atoms with E-state index >= 15 is 0 Å². The first-order valence-corrected chi connectivity index (χ1v) is 9.90. The van der Waals surface area contributed by atoms with Gasteiger partial charge in [0.2, 0.25) is 0 Å². The lowest BCUT2D eigenvalue weighted by molar-refractivity contribution is 0.601. The van der Waals surface area contributed by atoms with E-state index in [1.807, 2.05) is 19.1 Å². The zero-order valence-electron chi connectivity index (χ0n) is 13.3. The van der Waals surface area contributed by atoms with Gasteiger partial charge in [0.25, 0.3) is 0 Å². The van der Waals surface area contributed by atoms with Crippen LogP contribution in [-0.2, 0) is 16.4 Å². The molecule has 0 aromatic heterocycles. The monoisotopic (exact) mass is 457 g/mol. The molecule has 0 saturated heterocycles. The van der Waals surface area contributed by atoms with Crippen LogP contribution in [0.5, 0.6) is 0 Å². The molecule has 0 unspecified atom stereocenters. The highest BCUT2D eigenvalue weighted by Gasteiger charge is 2.10. The second-order valence-electron chi connectivity index (χ2n) is 4.72. The molecular weight excluding hydrogens is 433 g/mol. The number of aliphatic imine (C=N–C) groups is 1. The van der Waals surface area contributed by atoms with E-state index in [4.69, 9.17) is 0 Å². The van der Waals surface area contributed by atoms with Crippen LogP contribution >= 0.6 is 35.7 Å². The molecule has 0 fully saturated rings. The number of benzene rings is 1. The normalized spacial score (nSPS) is 11.7. The van der Waals surface area contributed by atoms with Gasteiger partial charge < -0.3 is 10.6 Å². The Balaban J connectivity index is 0.00000441. The van der Waals surface area contributed by atoms with Crippen LogP contribution in [0.1, 0.15) is 11.1 Å². The lowest BCUT2D eigenvalue weighted by atomic mass is 10.1. The summed E-state index contributed by atoms with van der Waals surface area (Å²) in [4.78, 5) is 4.53. The fourth-order valence-corrected chi connectivity index (χ4v) is 3.18. The Morgan fingerprint density at radius 2 is 2.00 bits per heavy atom. The minimum Gasteiger partial charge on any atom is -0.356 e. The van der Waals surface area contributed by atoms with Gasteiger partial charge in [-0.05, 0) is 30.4 Å². The maximum Gasteiger partial charge on any atom is 0.191 e. The molecule has 0 bridgehead atoms. The third-order valence-corrected chi connectivity index (χ3v) is 4.79. The molecule has 0 aliphatic rings. The second kappa shape index (κ2) is 10.3. The van der Waals surface area contributed by atoms with Gasteiger partial charge in [0.1, 0.15) is 0 Å². The Hall–Kier alpha value is -0.480. The minimum atomic E-state index is -3.16. The maximum atomic E-state index is 11.6. The van der Waals surface area contributed by atoms with Crippen molar-refractivity contribution in [3.8, 4) is 0 Å². The van der Waals surface area contributed by atoms with Crippen LogP contribution in [0.25, 0.3) is 0 Å². The number of hydrogen-bond donors (Lipinski definition) is 2. The van der Waals surface area contributed by atoms with Gasteiger partial charge in [-0.3, -0.25) is 4.99 Å². The van der Waals surface area contributed by atoms with Crippen LogP contribution in [0, 0.1) is 6.92 Å². The summed E-state index contributed by atoms with van der Waals surface area (Å²) in [7, 11) is -1.43. The van der Waals surface area contributed by atoms with Crippen LogP contribution in [0.2, 0.25) is 0 Å². The lowest BCUT2D eigenvalue weighted by Gasteiger charge is -2.12. The molecule has 2 N–H and O–H groups in total. The third kappa shape index (κ3) is 7.19. The number of rotatable bonds is 6. The van der Waals surface area contributed by atoms with E-state index in [9.17, 15) is 8.42 Å². The van der Waals surface area contributed by atoms with Crippen molar-refractivity contribution >= 4 is 51.5 Å². The molecule has 0 aliphatic carbocycles. The molecule has 0 heterocycles. The number of thioether (sulfide) groups is 1. The summed E-state index contributed by atoms with van der Waals surface area (Å²) in [5.74, 6) is 1.76. The smallest absolute Gasteiger partial charge is 0.191 e. The summed E-state index contributed by atoms with van der Waals surface area (Å²) in [6, 6.07) is 5.37. The topological polar surface area (TPSA) is 70.6 Å². The van der Waals surface area contributed by atoms with Crippen molar-refractivity contribution in [2.75, 3.05) is 31.9 Å². The summed E-state index contributed by atoms with van der Waals surface area (Å²) >= 11 is 1.77. The molecule has 126 valence electrons. The highest BCUT2D eigenvalue weighted by Crippen LogP contribution is 2.16. The van der Waals surface area contributed by atoms with Crippen LogP contribution in [0.4, 0.5) is 0 Å². The number of halogens is 1. The molecule has 0 spiro atoms.